The van der Waals surface area contributed by atoms with Crippen molar-refractivity contribution in [3.8, 4) is 5.75 Å². The van der Waals surface area contributed by atoms with Crippen LogP contribution >= 0.6 is 23.4 Å². The van der Waals surface area contributed by atoms with Crippen LogP contribution in [0.2, 0.25) is 5.02 Å². The molecule has 0 aliphatic rings. The van der Waals surface area contributed by atoms with Crippen molar-refractivity contribution in [3.05, 3.63) is 58.6 Å². The average molecular weight is 394 g/mol. The van der Waals surface area contributed by atoms with Gasteiger partial charge in [-0.05, 0) is 56.3 Å². The van der Waals surface area contributed by atoms with Gasteiger partial charge >= 0.3 is 0 Å². The SMILES string of the molecule is CCOc1ccc(C(=O)N[C@@H](C)COC)cc1CSc1ccc(Cl)cc1. The number of nitrogens with one attached hydrogen (secondary N) is 1. The Labute approximate surface area is 164 Å². The van der Waals surface area contributed by atoms with Gasteiger partial charge in [0, 0.05) is 39.9 Å². The standard InChI is InChI=1S/C20H24ClNO3S/c1-4-25-19-10-5-15(20(23)22-14(2)12-24-3)11-16(19)13-26-18-8-6-17(21)7-9-18/h5-11,14H,4,12-13H2,1-3H3,(H,22,23)/t14-/m0/s1. The van der Waals surface area contributed by atoms with Crippen molar-refractivity contribution in [1.29, 1.82) is 0 Å². The normalized spacial score (nSPS) is 11.8. The van der Waals surface area contributed by atoms with Gasteiger partial charge < -0.3 is 14.8 Å². The number of ether oxygens (including phenoxy) is 2. The van der Waals surface area contributed by atoms with Gasteiger partial charge in [0.05, 0.1) is 13.2 Å². The highest BCUT2D eigenvalue weighted by molar-refractivity contribution is 7.98. The van der Waals surface area contributed by atoms with Crippen LogP contribution in [0.4, 0.5) is 0 Å². The first-order chi connectivity index (χ1) is 12.5. The Kier molecular flexibility index (Phi) is 8.29. The fourth-order valence-corrected chi connectivity index (χ4v) is 3.42. The van der Waals surface area contributed by atoms with Crippen LogP contribution in [-0.2, 0) is 10.5 Å². The molecule has 0 fully saturated rings. The minimum Gasteiger partial charge on any atom is -0.494 e. The molecule has 0 aromatic heterocycles. The van der Waals surface area contributed by atoms with Crippen LogP contribution in [0.3, 0.4) is 0 Å². The highest BCUT2D eigenvalue weighted by Gasteiger charge is 2.13. The molecule has 1 N–H and O–H groups in total. The van der Waals surface area contributed by atoms with E-state index in [0.29, 0.717) is 29.6 Å². The van der Waals surface area contributed by atoms with Crippen LogP contribution in [0.5, 0.6) is 5.75 Å². The molecular weight excluding hydrogens is 370 g/mol. The van der Waals surface area contributed by atoms with E-state index in [1.165, 1.54) is 0 Å². The maximum atomic E-state index is 12.4. The van der Waals surface area contributed by atoms with Crippen LogP contribution in [0.25, 0.3) is 0 Å². The lowest BCUT2D eigenvalue weighted by molar-refractivity contribution is 0.0905. The van der Waals surface area contributed by atoms with E-state index in [2.05, 4.69) is 5.32 Å². The van der Waals surface area contributed by atoms with Crippen molar-refractivity contribution < 1.29 is 14.3 Å². The number of benzene rings is 2. The van der Waals surface area contributed by atoms with E-state index in [4.69, 9.17) is 21.1 Å². The molecular formula is C20H24ClNO3S. The summed E-state index contributed by atoms with van der Waals surface area (Å²) < 4.78 is 10.8. The smallest absolute Gasteiger partial charge is 0.251 e. The third kappa shape index (κ3) is 6.24. The number of methoxy groups -OCH3 is 1. The van der Waals surface area contributed by atoms with Crippen molar-refractivity contribution in [2.45, 2.75) is 30.5 Å². The molecule has 0 radical (unpaired) electrons. The molecule has 0 saturated heterocycles. The first-order valence-corrected chi connectivity index (χ1v) is 9.83. The minimum atomic E-state index is -0.115. The second kappa shape index (κ2) is 10.5. The summed E-state index contributed by atoms with van der Waals surface area (Å²) in [5.74, 6) is 1.39. The summed E-state index contributed by atoms with van der Waals surface area (Å²) in [6.07, 6.45) is 0. The average Bonchev–Trinajstić information content (AvgIpc) is 2.62. The van der Waals surface area contributed by atoms with E-state index in [1.807, 2.05) is 50.2 Å². The number of amides is 1. The molecule has 26 heavy (non-hydrogen) atoms. The molecule has 2 aromatic carbocycles. The van der Waals surface area contributed by atoms with E-state index in [9.17, 15) is 4.79 Å². The molecule has 0 unspecified atom stereocenters. The number of rotatable bonds is 9. The van der Waals surface area contributed by atoms with Crippen molar-refractivity contribution in [2.24, 2.45) is 0 Å². The van der Waals surface area contributed by atoms with Gasteiger partial charge in [-0.1, -0.05) is 11.6 Å². The van der Waals surface area contributed by atoms with Crippen molar-refractivity contribution >= 4 is 29.3 Å². The summed E-state index contributed by atoms with van der Waals surface area (Å²) >= 11 is 7.61. The maximum Gasteiger partial charge on any atom is 0.251 e. The molecule has 0 aliphatic carbocycles. The molecule has 4 nitrogen and oxygen atoms in total. The second-order valence-corrected chi connectivity index (χ2v) is 7.31. The number of hydrogen-bond acceptors (Lipinski definition) is 4. The summed E-state index contributed by atoms with van der Waals surface area (Å²) in [5, 5.41) is 3.65. The lowest BCUT2D eigenvalue weighted by Crippen LogP contribution is -2.35. The number of hydrogen-bond donors (Lipinski definition) is 1. The molecule has 0 spiro atoms. The molecule has 6 heteroatoms. The zero-order valence-electron chi connectivity index (χ0n) is 15.3. The van der Waals surface area contributed by atoms with Crippen LogP contribution < -0.4 is 10.1 Å². The molecule has 0 aliphatic heterocycles. The number of carbonyl (C=O) groups excluding carboxylic acids is 1. The molecule has 1 atom stereocenters. The first-order valence-electron chi connectivity index (χ1n) is 8.47. The van der Waals surface area contributed by atoms with Gasteiger partial charge in [-0.3, -0.25) is 4.79 Å². The van der Waals surface area contributed by atoms with Crippen molar-refractivity contribution in [1.82, 2.24) is 5.32 Å². The largest absolute Gasteiger partial charge is 0.494 e. The summed E-state index contributed by atoms with van der Waals surface area (Å²) in [6.45, 7) is 4.91. The summed E-state index contributed by atoms with van der Waals surface area (Å²) in [7, 11) is 1.62. The number of carbonyl (C=O) groups is 1. The van der Waals surface area contributed by atoms with E-state index in [0.717, 1.165) is 16.2 Å². The van der Waals surface area contributed by atoms with Gasteiger partial charge in [0.2, 0.25) is 0 Å². The van der Waals surface area contributed by atoms with Crippen molar-refractivity contribution in [2.75, 3.05) is 20.3 Å². The van der Waals surface area contributed by atoms with Crippen LogP contribution in [0.15, 0.2) is 47.4 Å². The molecule has 2 rings (SSSR count). The van der Waals surface area contributed by atoms with Crippen LogP contribution in [-0.4, -0.2) is 32.3 Å². The van der Waals surface area contributed by atoms with Crippen LogP contribution in [0, 0.1) is 0 Å². The van der Waals surface area contributed by atoms with E-state index >= 15 is 0 Å². The van der Waals surface area contributed by atoms with E-state index < -0.39 is 0 Å². The zero-order valence-corrected chi connectivity index (χ0v) is 16.8. The molecule has 2 aromatic rings. The van der Waals surface area contributed by atoms with E-state index in [1.54, 1.807) is 24.9 Å². The number of halogens is 1. The van der Waals surface area contributed by atoms with Gasteiger partial charge in [-0.2, -0.15) is 0 Å². The fourth-order valence-electron chi connectivity index (χ4n) is 2.42. The van der Waals surface area contributed by atoms with Gasteiger partial charge in [-0.25, -0.2) is 0 Å². The third-order valence-corrected chi connectivity index (χ3v) is 4.94. The number of thioether (sulfide) groups is 1. The Morgan fingerprint density at radius 2 is 1.96 bits per heavy atom. The highest BCUT2D eigenvalue weighted by atomic mass is 35.5. The van der Waals surface area contributed by atoms with Crippen LogP contribution in [0.1, 0.15) is 29.8 Å². The Balaban J connectivity index is 2.13. The Morgan fingerprint density at radius 1 is 1.23 bits per heavy atom. The quantitative estimate of drug-likeness (QED) is 0.622. The molecule has 140 valence electrons. The van der Waals surface area contributed by atoms with Gasteiger partial charge in [-0.15, -0.1) is 11.8 Å². The lowest BCUT2D eigenvalue weighted by Gasteiger charge is -2.15. The molecule has 1 amide bonds. The first kappa shape index (κ1) is 20.6. The van der Waals surface area contributed by atoms with Gasteiger partial charge in [0.15, 0.2) is 0 Å². The second-order valence-electron chi connectivity index (χ2n) is 5.83. The van der Waals surface area contributed by atoms with Gasteiger partial charge in [0.1, 0.15) is 5.75 Å². The highest BCUT2D eigenvalue weighted by Crippen LogP contribution is 2.29. The summed E-state index contributed by atoms with van der Waals surface area (Å²) in [6, 6.07) is 13.2. The Hall–Kier alpha value is -1.69. The third-order valence-electron chi connectivity index (χ3n) is 3.62. The van der Waals surface area contributed by atoms with Gasteiger partial charge in [0.25, 0.3) is 5.91 Å². The molecule has 0 saturated carbocycles. The zero-order chi connectivity index (χ0) is 18.9. The molecule has 0 heterocycles. The van der Waals surface area contributed by atoms with Crippen molar-refractivity contribution in [3.63, 3.8) is 0 Å². The maximum absolute atomic E-state index is 12.4. The lowest BCUT2D eigenvalue weighted by atomic mass is 10.1. The summed E-state index contributed by atoms with van der Waals surface area (Å²) in [4.78, 5) is 13.5. The monoisotopic (exact) mass is 393 g/mol. The Morgan fingerprint density at radius 3 is 2.62 bits per heavy atom. The van der Waals surface area contributed by atoms with E-state index in [-0.39, 0.29) is 11.9 Å². The Bertz CT molecular complexity index is 721. The summed E-state index contributed by atoms with van der Waals surface area (Å²) in [5.41, 5.74) is 1.60. The fraction of sp³-hybridized carbons (Fsp3) is 0.350. The minimum absolute atomic E-state index is 0.0500. The topological polar surface area (TPSA) is 47.6 Å². The molecule has 0 bridgehead atoms. The predicted molar refractivity (Wildman–Crippen MR) is 107 cm³/mol. The predicted octanol–water partition coefficient (Wildman–Crippen LogP) is 4.80.